The molecule has 0 aliphatic heterocycles. The molecule has 106 valence electrons. The van der Waals surface area contributed by atoms with E-state index in [1.54, 1.807) is 0 Å². The van der Waals surface area contributed by atoms with Crippen LogP contribution in [0.15, 0.2) is 18.2 Å². The second-order valence-corrected chi connectivity index (χ2v) is 5.95. The summed E-state index contributed by atoms with van der Waals surface area (Å²) in [6.07, 6.45) is 8.13. The van der Waals surface area contributed by atoms with Gasteiger partial charge in [-0.2, -0.15) is 0 Å². The molecule has 2 heteroatoms. The zero-order valence-corrected chi connectivity index (χ0v) is 12.4. The largest absolute Gasteiger partial charge is 0.329 e. The third-order valence-corrected chi connectivity index (χ3v) is 4.42. The van der Waals surface area contributed by atoms with Crippen molar-refractivity contribution in [2.45, 2.75) is 64.5 Å². The molecule has 1 atom stereocenters. The highest BCUT2D eigenvalue weighted by molar-refractivity contribution is 5.36. The lowest BCUT2D eigenvalue weighted by Gasteiger charge is -2.27. The van der Waals surface area contributed by atoms with E-state index >= 15 is 0 Å². The number of nitrogens with one attached hydrogen (secondary N) is 1. The summed E-state index contributed by atoms with van der Waals surface area (Å²) in [6.45, 7) is 5.07. The van der Waals surface area contributed by atoms with E-state index in [1.165, 1.54) is 55.2 Å². The lowest BCUT2D eigenvalue weighted by molar-refractivity contribution is 0.401. The number of nitrogens with two attached hydrogens (primary N) is 1. The highest BCUT2D eigenvalue weighted by atomic mass is 15.0. The van der Waals surface area contributed by atoms with Crippen LogP contribution >= 0.6 is 0 Å². The Bertz CT molecular complexity index is 372. The third kappa shape index (κ3) is 3.80. The van der Waals surface area contributed by atoms with Crippen LogP contribution in [-0.4, -0.2) is 12.6 Å². The number of hydrogen-bond acceptors (Lipinski definition) is 2. The minimum absolute atomic E-state index is 0.310. The predicted molar refractivity (Wildman–Crippen MR) is 82.3 cm³/mol. The average Bonchev–Trinajstić information content (AvgIpc) is 2.65. The minimum Gasteiger partial charge on any atom is -0.329 e. The van der Waals surface area contributed by atoms with Crippen molar-refractivity contribution in [2.24, 2.45) is 5.73 Å². The van der Waals surface area contributed by atoms with E-state index in [9.17, 15) is 0 Å². The van der Waals surface area contributed by atoms with Crippen molar-refractivity contribution in [3.63, 3.8) is 0 Å². The fourth-order valence-electron chi connectivity index (χ4n) is 3.38. The van der Waals surface area contributed by atoms with E-state index in [4.69, 9.17) is 5.73 Å². The Hall–Kier alpha value is -0.860. The number of benzene rings is 1. The van der Waals surface area contributed by atoms with E-state index in [2.05, 4.69) is 37.4 Å². The summed E-state index contributed by atoms with van der Waals surface area (Å²) in [4.78, 5) is 0. The van der Waals surface area contributed by atoms with Crippen molar-refractivity contribution in [2.75, 3.05) is 6.54 Å². The van der Waals surface area contributed by atoms with Crippen LogP contribution in [0.5, 0.6) is 0 Å². The van der Waals surface area contributed by atoms with Gasteiger partial charge in [-0.25, -0.2) is 0 Å². The smallest absolute Gasteiger partial charge is 0.0451 e. The standard InChI is InChI=1S/C17H28N2/c1-13-8-7-9-14(2)17(13)16(12-18)19-15-10-5-3-4-6-11-15/h7-9,15-16,19H,3-6,10-12,18H2,1-2H3. The molecular weight excluding hydrogens is 232 g/mol. The van der Waals surface area contributed by atoms with Gasteiger partial charge in [0, 0.05) is 18.6 Å². The van der Waals surface area contributed by atoms with E-state index in [0.29, 0.717) is 18.6 Å². The van der Waals surface area contributed by atoms with Crippen molar-refractivity contribution in [1.29, 1.82) is 0 Å². The maximum atomic E-state index is 6.04. The van der Waals surface area contributed by atoms with Gasteiger partial charge in [-0.05, 0) is 43.4 Å². The van der Waals surface area contributed by atoms with Gasteiger partial charge in [-0.1, -0.05) is 43.9 Å². The molecule has 1 aliphatic rings. The van der Waals surface area contributed by atoms with Crippen molar-refractivity contribution < 1.29 is 0 Å². The van der Waals surface area contributed by atoms with Gasteiger partial charge in [0.15, 0.2) is 0 Å². The Labute approximate surface area is 117 Å². The van der Waals surface area contributed by atoms with Gasteiger partial charge in [0.2, 0.25) is 0 Å². The molecule has 1 aliphatic carbocycles. The minimum atomic E-state index is 0.310. The van der Waals surface area contributed by atoms with E-state index in [-0.39, 0.29) is 0 Å². The second-order valence-electron chi connectivity index (χ2n) is 5.95. The number of rotatable bonds is 4. The topological polar surface area (TPSA) is 38.0 Å². The SMILES string of the molecule is Cc1cccc(C)c1C(CN)NC1CCCCCC1. The molecule has 2 nitrogen and oxygen atoms in total. The van der Waals surface area contributed by atoms with Gasteiger partial charge in [0.1, 0.15) is 0 Å². The zero-order chi connectivity index (χ0) is 13.7. The molecule has 3 N–H and O–H groups in total. The molecule has 2 rings (SSSR count). The Morgan fingerprint density at radius 2 is 1.68 bits per heavy atom. The first kappa shape index (κ1) is 14.5. The molecule has 0 radical (unpaired) electrons. The van der Waals surface area contributed by atoms with Crippen LogP contribution < -0.4 is 11.1 Å². The van der Waals surface area contributed by atoms with Gasteiger partial charge in [-0.15, -0.1) is 0 Å². The molecule has 0 saturated heterocycles. The van der Waals surface area contributed by atoms with Gasteiger partial charge in [0.05, 0.1) is 0 Å². The van der Waals surface area contributed by atoms with Crippen LogP contribution in [0.1, 0.15) is 61.3 Å². The number of aryl methyl sites for hydroxylation is 2. The van der Waals surface area contributed by atoms with Gasteiger partial charge >= 0.3 is 0 Å². The third-order valence-electron chi connectivity index (χ3n) is 4.42. The average molecular weight is 260 g/mol. The summed E-state index contributed by atoms with van der Waals surface area (Å²) >= 11 is 0. The first-order valence-corrected chi connectivity index (χ1v) is 7.74. The first-order chi connectivity index (χ1) is 9.22. The highest BCUT2D eigenvalue weighted by Crippen LogP contribution is 2.24. The summed E-state index contributed by atoms with van der Waals surface area (Å²) in [5.74, 6) is 0. The molecule has 1 fully saturated rings. The van der Waals surface area contributed by atoms with Crippen LogP contribution in [0, 0.1) is 13.8 Å². The van der Waals surface area contributed by atoms with Crippen LogP contribution in [-0.2, 0) is 0 Å². The molecule has 1 aromatic rings. The maximum Gasteiger partial charge on any atom is 0.0451 e. The van der Waals surface area contributed by atoms with Gasteiger partial charge in [-0.3, -0.25) is 0 Å². The monoisotopic (exact) mass is 260 g/mol. The number of hydrogen-bond donors (Lipinski definition) is 2. The fraction of sp³-hybridized carbons (Fsp3) is 0.647. The fourth-order valence-corrected chi connectivity index (χ4v) is 3.38. The summed E-state index contributed by atoms with van der Waals surface area (Å²) in [5, 5.41) is 3.82. The summed E-state index contributed by atoms with van der Waals surface area (Å²) in [5.41, 5.74) is 10.2. The predicted octanol–water partition coefficient (Wildman–Crippen LogP) is 3.62. The molecule has 1 saturated carbocycles. The van der Waals surface area contributed by atoms with Gasteiger partial charge in [0.25, 0.3) is 0 Å². The Balaban J connectivity index is 2.10. The quantitative estimate of drug-likeness (QED) is 0.812. The lowest BCUT2D eigenvalue weighted by Crippen LogP contribution is -2.37. The molecule has 0 aromatic heterocycles. The summed E-state index contributed by atoms with van der Waals surface area (Å²) < 4.78 is 0. The van der Waals surface area contributed by atoms with E-state index in [1.807, 2.05) is 0 Å². The molecule has 1 unspecified atom stereocenters. The lowest BCUT2D eigenvalue weighted by atomic mass is 9.94. The summed E-state index contributed by atoms with van der Waals surface area (Å²) in [7, 11) is 0. The van der Waals surface area contributed by atoms with Crippen LogP contribution in [0.25, 0.3) is 0 Å². The maximum absolute atomic E-state index is 6.04. The second kappa shape index (κ2) is 7.06. The molecule has 0 heterocycles. The molecule has 0 spiro atoms. The van der Waals surface area contributed by atoms with Crippen molar-refractivity contribution in [3.8, 4) is 0 Å². The Kier molecular flexibility index (Phi) is 5.41. The molecular formula is C17H28N2. The van der Waals surface area contributed by atoms with E-state index < -0.39 is 0 Å². The summed E-state index contributed by atoms with van der Waals surface area (Å²) in [6, 6.07) is 7.48. The Morgan fingerprint density at radius 3 is 2.21 bits per heavy atom. The van der Waals surface area contributed by atoms with Crippen molar-refractivity contribution in [3.05, 3.63) is 34.9 Å². The first-order valence-electron chi connectivity index (χ1n) is 7.74. The molecule has 0 amide bonds. The Morgan fingerprint density at radius 1 is 1.11 bits per heavy atom. The highest BCUT2D eigenvalue weighted by Gasteiger charge is 2.19. The van der Waals surface area contributed by atoms with Gasteiger partial charge < -0.3 is 11.1 Å². The zero-order valence-electron chi connectivity index (χ0n) is 12.4. The molecule has 0 bridgehead atoms. The van der Waals surface area contributed by atoms with Crippen LogP contribution in [0.4, 0.5) is 0 Å². The van der Waals surface area contributed by atoms with Crippen LogP contribution in [0.3, 0.4) is 0 Å². The normalized spacial score (nSPS) is 19.1. The van der Waals surface area contributed by atoms with Crippen molar-refractivity contribution in [1.82, 2.24) is 5.32 Å². The van der Waals surface area contributed by atoms with E-state index in [0.717, 1.165) is 0 Å². The van der Waals surface area contributed by atoms with Crippen LogP contribution in [0.2, 0.25) is 0 Å². The molecule has 19 heavy (non-hydrogen) atoms. The molecule has 1 aromatic carbocycles. The van der Waals surface area contributed by atoms with Crippen molar-refractivity contribution >= 4 is 0 Å².